The van der Waals surface area contributed by atoms with Crippen LogP contribution in [0.15, 0.2) is 18.2 Å². The number of hydrogen-bond donors (Lipinski definition) is 1. The van der Waals surface area contributed by atoms with Crippen molar-refractivity contribution < 1.29 is 9.90 Å². The highest BCUT2D eigenvalue weighted by Gasteiger charge is 2.28. The van der Waals surface area contributed by atoms with E-state index in [0.29, 0.717) is 6.42 Å². The zero-order valence-corrected chi connectivity index (χ0v) is 13.4. The summed E-state index contributed by atoms with van der Waals surface area (Å²) >= 11 is 2.25. The number of carbonyl (C=O) groups is 1. The van der Waals surface area contributed by atoms with Gasteiger partial charge in [-0.25, -0.2) is 0 Å². The molecule has 1 aromatic carbocycles. The number of benzene rings is 1. The summed E-state index contributed by atoms with van der Waals surface area (Å²) < 4.78 is 1.04. The van der Waals surface area contributed by atoms with Gasteiger partial charge in [-0.3, -0.25) is 4.79 Å². The lowest BCUT2D eigenvalue weighted by atomic mass is 9.98. The molecule has 3 nitrogen and oxygen atoms in total. The molecular formula is C15H20INO2. The molecule has 19 heavy (non-hydrogen) atoms. The van der Waals surface area contributed by atoms with Crippen LogP contribution in [0.25, 0.3) is 0 Å². The van der Waals surface area contributed by atoms with E-state index in [2.05, 4.69) is 22.6 Å². The molecule has 4 heteroatoms. The quantitative estimate of drug-likeness (QED) is 0.828. The van der Waals surface area contributed by atoms with Crippen molar-refractivity contribution in [3.8, 4) is 0 Å². The number of piperidine rings is 1. The van der Waals surface area contributed by atoms with Crippen LogP contribution in [0.4, 0.5) is 0 Å². The average Bonchev–Trinajstić information content (AvgIpc) is 2.42. The Kier molecular flexibility index (Phi) is 5.21. The van der Waals surface area contributed by atoms with Crippen LogP contribution in [0.5, 0.6) is 0 Å². The highest BCUT2D eigenvalue weighted by molar-refractivity contribution is 14.1. The topological polar surface area (TPSA) is 40.5 Å². The third-order valence-corrected chi connectivity index (χ3v) is 5.20. The second-order valence-corrected chi connectivity index (χ2v) is 6.18. The van der Waals surface area contributed by atoms with Crippen LogP contribution >= 0.6 is 22.6 Å². The first-order valence-electron chi connectivity index (χ1n) is 6.82. The zero-order valence-electron chi connectivity index (χ0n) is 11.2. The van der Waals surface area contributed by atoms with Crippen molar-refractivity contribution in [1.82, 2.24) is 4.90 Å². The number of aryl methyl sites for hydroxylation is 1. The zero-order chi connectivity index (χ0) is 13.8. The van der Waals surface area contributed by atoms with E-state index < -0.39 is 0 Å². The number of rotatable bonds is 3. The first kappa shape index (κ1) is 14.8. The molecule has 1 amide bonds. The Bertz CT molecular complexity index is 459. The Morgan fingerprint density at radius 3 is 3.00 bits per heavy atom. The summed E-state index contributed by atoms with van der Waals surface area (Å²) in [5.74, 6) is 0.117. The number of carbonyl (C=O) groups excluding carboxylic acids is 1. The van der Waals surface area contributed by atoms with Crippen molar-refractivity contribution in [1.29, 1.82) is 0 Å². The number of halogens is 1. The highest BCUT2D eigenvalue weighted by Crippen LogP contribution is 2.24. The van der Waals surface area contributed by atoms with E-state index in [9.17, 15) is 4.79 Å². The van der Waals surface area contributed by atoms with E-state index in [-0.39, 0.29) is 18.6 Å². The lowest BCUT2D eigenvalue weighted by Crippen LogP contribution is -2.44. The molecule has 1 atom stereocenters. The van der Waals surface area contributed by atoms with E-state index in [4.69, 9.17) is 5.11 Å². The fraction of sp³-hybridized carbons (Fsp3) is 0.533. The number of nitrogens with zero attached hydrogens (tertiary/aromatic N) is 1. The van der Waals surface area contributed by atoms with Gasteiger partial charge in [-0.05, 0) is 66.8 Å². The molecule has 1 saturated heterocycles. The van der Waals surface area contributed by atoms with E-state index >= 15 is 0 Å². The largest absolute Gasteiger partial charge is 0.396 e. The standard InChI is InChI=1S/C15H20INO2/c1-11-5-4-7-13(14(11)16)15(19)17-9-3-2-6-12(17)8-10-18/h4-5,7,12,18H,2-3,6,8-10H2,1H3. The normalized spacial score (nSPS) is 19.5. The second kappa shape index (κ2) is 6.70. The van der Waals surface area contributed by atoms with Gasteiger partial charge in [0.15, 0.2) is 0 Å². The van der Waals surface area contributed by atoms with Crippen molar-refractivity contribution in [2.75, 3.05) is 13.2 Å². The minimum absolute atomic E-state index is 0.117. The Morgan fingerprint density at radius 1 is 1.47 bits per heavy atom. The predicted molar refractivity (Wildman–Crippen MR) is 84.3 cm³/mol. The molecule has 1 aliphatic heterocycles. The second-order valence-electron chi connectivity index (χ2n) is 5.10. The van der Waals surface area contributed by atoms with Gasteiger partial charge in [0.05, 0.1) is 5.56 Å². The molecule has 0 saturated carbocycles. The first-order valence-corrected chi connectivity index (χ1v) is 7.90. The molecule has 1 unspecified atom stereocenters. The molecular weight excluding hydrogens is 353 g/mol. The maximum absolute atomic E-state index is 12.7. The minimum Gasteiger partial charge on any atom is -0.396 e. The van der Waals surface area contributed by atoms with E-state index in [1.807, 2.05) is 30.0 Å². The molecule has 0 spiro atoms. The Labute approximate surface area is 128 Å². The van der Waals surface area contributed by atoms with Gasteiger partial charge in [-0.2, -0.15) is 0 Å². The summed E-state index contributed by atoms with van der Waals surface area (Å²) in [4.78, 5) is 14.7. The molecule has 1 heterocycles. The molecule has 2 rings (SSSR count). The van der Waals surface area contributed by atoms with Gasteiger partial charge in [0.25, 0.3) is 5.91 Å². The van der Waals surface area contributed by atoms with Crippen LogP contribution in [0.1, 0.15) is 41.6 Å². The molecule has 1 fully saturated rings. The smallest absolute Gasteiger partial charge is 0.255 e. The monoisotopic (exact) mass is 373 g/mol. The molecule has 1 N–H and O–H groups in total. The molecule has 0 aromatic heterocycles. The average molecular weight is 373 g/mol. The van der Waals surface area contributed by atoms with E-state index in [0.717, 1.165) is 40.5 Å². The van der Waals surface area contributed by atoms with Gasteiger partial charge in [-0.15, -0.1) is 0 Å². The van der Waals surface area contributed by atoms with E-state index in [1.54, 1.807) is 0 Å². The van der Waals surface area contributed by atoms with Crippen molar-refractivity contribution in [2.24, 2.45) is 0 Å². The summed E-state index contributed by atoms with van der Waals surface area (Å²) in [6, 6.07) is 6.07. The molecule has 1 aliphatic rings. The van der Waals surface area contributed by atoms with Crippen molar-refractivity contribution in [2.45, 2.75) is 38.6 Å². The van der Waals surface area contributed by atoms with Crippen LogP contribution in [-0.4, -0.2) is 35.1 Å². The highest BCUT2D eigenvalue weighted by atomic mass is 127. The third kappa shape index (κ3) is 3.28. The van der Waals surface area contributed by atoms with Crippen LogP contribution in [0.2, 0.25) is 0 Å². The van der Waals surface area contributed by atoms with Gasteiger partial charge in [0.1, 0.15) is 0 Å². The summed E-state index contributed by atoms with van der Waals surface area (Å²) in [5.41, 5.74) is 1.94. The number of hydrogen-bond acceptors (Lipinski definition) is 2. The SMILES string of the molecule is Cc1cccc(C(=O)N2CCCCC2CCO)c1I. The number of aliphatic hydroxyl groups excluding tert-OH is 1. The van der Waals surface area contributed by atoms with Gasteiger partial charge in [0, 0.05) is 22.8 Å². The molecule has 1 aromatic rings. The minimum atomic E-state index is 0.117. The van der Waals surface area contributed by atoms with Crippen molar-refractivity contribution in [3.63, 3.8) is 0 Å². The molecule has 0 radical (unpaired) electrons. The Hall–Kier alpha value is -0.620. The molecule has 0 aliphatic carbocycles. The van der Waals surface area contributed by atoms with Crippen molar-refractivity contribution in [3.05, 3.63) is 32.9 Å². The van der Waals surface area contributed by atoms with Gasteiger partial charge in [-0.1, -0.05) is 12.1 Å². The van der Waals surface area contributed by atoms with Crippen molar-refractivity contribution >= 4 is 28.5 Å². The number of likely N-dealkylation sites (tertiary alicyclic amines) is 1. The Balaban J connectivity index is 2.23. The summed E-state index contributed by atoms with van der Waals surface area (Å²) in [6.07, 6.45) is 3.91. The first-order chi connectivity index (χ1) is 9.15. The fourth-order valence-electron chi connectivity index (χ4n) is 2.68. The predicted octanol–water partition coefficient (Wildman–Crippen LogP) is 2.98. The molecule has 0 bridgehead atoms. The fourth-order valence-corrected chi connectivity index (χ4v) is 3.27. The van der Waals surface area contributed by atoms with Crippen LogP contribution in [0, 0.1) is 10.5 Å². The van der Waals surface area contributed by atoms with Gasteiger partial charge >= 0.3 is 0 Å². The maximum atomic E-state index is 12.7. The number of amides is 1. The van der Waals surface area contributed by atoms with Gasteiger partial charge in [0.2, 0.25) is 0 Å². The van der Waals surface area contributed by atoms with E-state index in [1.165, 1.54) is 0 Å². The van der Waals surface area contributed by atoms with Crippen LogP contribution < -0.4 is 0 Å². The lowest BCUT2D eigenvalue weighted by Gasteiger charge is -2.36. The Morgan fingerprint density at radius 2 is 2.26 bits per heavy atom. The summed E-state index contributed by atoms with van der Waals surface area (Å²) in [5, 5.41) is 9.15. The third-order valence-electron chi connectivity index (χ3n) is 3.77. The maximum Gasteiger partial charge on any atom is 0.255 e. The van der Waals surface area contributed by atoms with Crippen LogP contribution in [0.3, 0.4) is 0 Å². The summed E-state index contributed by atoms with van der Waals surface area (Å²) in [7, 11) is 0. The molecule has 104 valence electrons. The summed E-state index contributed by atoms with van der Waals surface area (Å²) in [6.45, 7) is 2.99. The van der Waals surface area contributed by atoms with Gasteiger partial charge < -0.3 is 10.0 Å². The van der Waals surface area contributed by atoms with Crippen LogP contribution in [-0.2, 0) is 0 Å². The lowest BCUT2D eigenvalue weighted by molar-refractivity contribution is 0.0573. The number of aliphatic hydroxyl groups is 1.